The fraction of sp³-hybridized carbons (Fsp3) is 0.800. The third kappa shape index (κ3) is 0.938. The van der Waals surface area contributed by atoms with Crippen LogP contribution in [0.1, 0.15) is 26.2 Å². The van der Waals surface area contributed by atoms with Crippen LogP contribution in [-0.2, 0) is 19.1 Å². The lowest BCUT2D eigenvalue weighted by Crippen LogP contribution is -2.39. The van der Waals surface area contributed by atoms with Crippen molar-refractivity contribution in [3.63, 3.8) is 0 Å². The second kappa shape index (κ2) is 2.97. The van der Waals surface area contributed by atoms with Gasteiger partial charge >= 0.3 is 11.9 Å². The molecule has 1 aliphatic heterocycles. The predicted octanol–water partition coefficient (Wildman–Crippen LogP) is 0.891. The highest BCUT2D eigenvalue weighted by molar-refractivity contribution is 6.02. The number of hydrogen-bond donors (Lipinski definition) is 0. The van der Waals surface area contributed by atoms with Crippen LogP contribution in [0.15, 0.2) is 0 Å². The molecule has 78 valence electrons. The standard InChI is InChI=1S/C10H14O4/c1-6-7-4-3-5-10(7,8(11)13-2)9(12)14-6/h6-7H,3-5H2,1-2H3/t6-,7?,10+/m1/s1. The van der Waals surface area contributed by atoms with E-state index in [9.17, 15) is 9.59 Å². The highest BCUT2D eigenvalue weighted by atomic mass is 16.6. The maximum Gasteiger partial charge on any atom is 0.324 e. The number of hydrogen-bond acceptors (Lipinski definition) is 4. The van der Waals surface area contributed by atoms with Gasteiger partial charge in [-0.15, -0.1) is 0 Å². The Morgan fingerprint density at radius 3 is 3.00 bits per heavy atom. The smallest absolute Gasteiger partial charge is 0.324 e. The molecule has 2 fully saturated rings. The first-order chi connectivity index (χ1) is 6.63. The van der Waals surface area contributed by atoms with E-state index in [1.54, 1.807) is 0 Å². The molecule has 0 radical (unpaired) electrons. The second-order valence-corrected chi connectivity index (χ2v) is 4.07. The van der Waals surface area contributed by atoms with E-state index < -0.39 is 11.4 Å². The van der Waals surface area contributed by atoms with E-state index in [2.05, 4.69) is 0 Å². The number of carbonyl (C=O) groups excluding carboxylic acids is 2. The Morgan fingerprint density at radius 1 is 1.64 bits per heavy atom. The number of esters is 2. The number of carbonyl (C=O) groups is 2. The van der Waals surface area contributed by atoms with Crippen LogP contribution in [0.25, 0.3) is 0 Å². The minimum Gasteiger partial charge on any atom is -0.468 e. The Labute approximate surface area is 82.6 Å². The highest BCUT2D eigenvalue weighted by Crippen LogP contribution is 2.52. The maximum atomic E-state index is 11.7. The Hall–Kier alpha value is -1.06. The highest BCUT2D eigenvalue weighted by Gasteiger charge is 2.63. The third-order valence-electron chi connectivity index (χ3n) is 3.49. The zero-order valence-corrected chi connectivity index (χ0v) is 8.41. The molecule has 0 spiro atoms. The van der Waals surface area contributed by atoms with E-state index in [0.717, 1.165) is 12.8 Å². The van der Waals surface area contributed by atoms with Gasteiger partial charge in [-0.3, -0.25) is 9.59 Å². The molecule has 4 heteroatoms. The normalized spacial score (nSPS) is 40.6. The number of methoxy groups -OCH3 is 1. The zero-order chi connectivity index (χ0) is 10.3. The summed E-state index contributed by atoms with van der Waals surface area (Å²) >= 11 is 0. The minimum absolute atomic E-state index is 0.0162. The van der Waals surface area contributed by atoms with Crippen molar-refractivity contribution in [1.82, 2.24) is 0 Å². The van der Waals surface area contributed by atoms with Crippen molar-refractivity contribution >= 4 is 11.9 Å². The first kappa shape index (κ1) is 9.49. The predicted molar refractivity (Wildman–Crippen MR) is 47.3 cm³/mol. The molecule has 1 aliphatic carbocycles. The SMILES string of the molecule is COC(=O)[C@]12CCCC1[C@@H](C)OC2=O. The average Bonchev–Trinajstić information content (AvgIpc) is 2.68. The number of ether oxygens (including phenoxy) is 2. The van der Waals surface area contributed by atoms with E-state index in [0.29, 0.717) is 6.42 Å². The summed E-state index contributed by atoms with van der Waals surface area (Å²) in [7, 11) is 1.32. The molecule has 3 atom stereocenters. The summed E-state index contributed by atoms with van der Waals surface area (Å²) < 4.78 is 9.83. The van der Waals surface area contributed by atoms with Crippen molar-refractivity contribution in [1.29, 1.82) is 0 Å². The van der Waals surface area contributed by atoms with E-state index in [-0.39, 0.29) is 18.0 Å². The van der Waals surface area contributed by atoms with Gasteiger partial charge in [0, 0.05) is 5.92 Å². The lowest BCUT2D eigenvalue weighted by Gasteiger charge is -2.21. The summed E-state index contributed by atoms with van der Waals surface area (Å²) in [6, 6.07) is 0. The summed E-state index contributed by atoms with van der Waals surface area (Å²) in [5.74, 6) is -0.795. The Bertz CT molecular complexity index is 276. The lowest BCUT2D eigenvalue weighted by atomic mass is 9.78. The maximum absolute atomic E-state index is 11.7. The molecule has 0 aromatic heterocycles. The lowest BCUT2D eigenvalue weighted by molar-refractivity contribution is -0.163. The molecule has 0 aromatic rings. The quantitative estimate of drug-likeness (QED) is 0.464. The van der Waals surface area contributed by atoms with Gasteiger partial charge in [0.05, 0.1) is 7.11 Å². The van der Waals surface area contributed by atoms with Gasteiger partial charge in [0.2, 0.25) is 0 Å². The Morgan fingerprint density at radius 2 is 2.36 bits per heavy atom. The van der Waals surface area contributed by atoms with Crippen molar-refractivity contribution < 1.29 is 19.1 Å². The molecule has 0 bridgehead atoms. The molecule has 1 saturated heterocycles. The van der Waals surface area contributed by atoms with Crippen LogP contribution >= 0.6 is 0 Å². The summed E-state index contributed by atoms with van der Waals surface area (Å²) in [4.78, 5) is 23.3. The van der Waals surface area contributed by atoms with E-state index in [4.69, 9.17) is 9.47 Å². The molecule has 1 heterocycles. The van der Waals surface area contributed by atoms with Crippen molar-refractivity contribution in [2.75, 3.05) is 7.11 Å². The third-order valence-corrected chi connectivity index (χ3v) is 3.49. The summed E-state index contributed by atoms with van der Waals surface area (Å²) in [6.45, 7) is 1.85. The van der Waals surface area contributed by atoms with Crippen LogP contribution in [0.5, 0.6) is 0 Å². The van der Waals surface area contributed by atoms with Crippen LogP contribution in [0, 0.1) is 11.3 Å². The fourth-order valence-corrected chi connectivity index (χ4v) is 2.80. The summed E-state index contributed by atoms with van der Waals surface area (Å²) in [5.41, 5.74) is -0.978. The molecule has 2 rings (SSSR count). The molecule has 0 aromatic carbocycles. The zero-order valence-electron chi connectivity index (χ0n) is 8.41. The topological polar surface area (TPSA) is 52.6 Å². The molecule has 0 amide bonds. The van der Waals surface area contributed by atoms with Crippen molar-refractivity contribution in [2.45, 2.75) is 32.3 Å². The molecule has 4 nitrogen and oxygen atoms in total. The Kier molecular flexibility index (Phi) is 2.01. The van der Waals surface area contributed by atoms with Gasteiger partial charge in [0.25, 0.3) is 0 Å². The van der Waals surface area contributed by atoms with Gasteiger partial charge in [-0.05, 0) is 19.8 Å². The van der Waals surface area contributed by atoms with Crippen molar-refractivity contribution in [3.8, 4) is 0 Å². The van der Waals surface area contributed by atoms with E-state index in [1.807, 2.05) is 6.92 Å². The minimum atomic E-state index is -0.978. The Balaban J connectivity index is 2.38. The average molecular weight is 198 g/mol. The van der Waals surface area contributed by atoms with Crippen LogP contribution in [0.2, 0.25) is 0 Å². The number of rotatable bonds is 1. The van der Waals surface area contributed by atoms with E-state index >= 15 is 0 Å². The second-order valence-electron chi connectivity index (χ2n) is 4.07. The van der Waals surface area contributed by atoms with Crippen LogP contribution in [0.3, 0.4) is 0 Å². The molecule has 1 unspecified atom stereocenters. The van der Waals surface area contributed by atoms with Gasteiger partial charge in [-0.25, -0.2) is 0 Å². The van der Waals surface area contributed by atoms with E-state index in [1.165, 1.54) is 7.11 Å². The van der Waals surface area contributed by atoms with Gasteiger partial charge in [-0.1, -0.05) is 6.42 Å². The van der Waals surface area contributed by atoms with Crippen molar-refractivity contribution in [2.24, 2.45) is 11.3 Å². The van der Waals surface area contributed by atoms with Gasteiger partial charge in [-0.2, -0.15) is 0 Å². The molecular weight excluding hydrogens is 184 g/mol. The summed E-state index contributed by atoms with van der Waals surface area (Å²) in [6.07, 6.45) is 2.21. The molecular formula is C10H14O4. The van der Waals surface area contributed by atoms with Crippen molar-refractivity contribution in [3.05, 3.63) is 0 Å². The first-order valence-electron chi connectivity index (χ1n) is 4.92. The first-order valence-corrected chi connectivity index (χ1v) is 4.92. The molecule has 0 N–H and O–H groups in total. The van der Waals surface area contributed by atoms with Crippen LogP contribution in [0.4, 0.5) is 0 Å². The summed E-state index contributed by atoms with van der Waals surface area (Å²) in [5, 5.41) is 0. The van der Waals surface area contributed by atoms with Gasteiger partial charge in [0.1, 0.15) is 6.10 Å². The van der Waals surface area contributed by atoms with Crippen LogP contribution < -0.4 is 0 Å². The monoisotopic (exact) mass is 198 g/mol. The van der Waals surface area contributed by atoms with Gasteiger partial charge < -0.3 is 9.47 Å². The largest absolute Gasteiger partial charge is 0.468 e. The molecule has 14 heavy (non-hydrogen) atoms. The van der Waals surface area contributed by atoms with Gasteiger partial charge in [0.15, 0.2) is 5.41 Å². The molecule has 1 saturated carbocycles. The fourth-order valence-electron chi connectivity index (χ4n) is 2.80. The van der Waals surface area contributed by atoms with Crippen LogP contribution in [-0.4, -0.2) is 25.2 Å². The number of cyclic esters (lactones) is 1. The molecule has 2 aliphatic rings. The number of fused-ring (bicyclic) bond motifs is 1.